The van der Waals surface area contributed by atoms with Crippen molar-refractivity contribution >= 4 is 28.9 Å². The molecule has 0 bridgehead atoms. The Kier molecular flexibility index (Phi) is 5.84. The highest BCUT2D eigenvalue weighted by atomic mass is 35.5. The molecule has 4 heteroatoms. The fourth-order valence-corrected chi connectivity index (χ4v) is 1.55. The van der Waals surface area contributed by atoms with E-state index >= 15 is 0 Å². The first kappa shape index (κ1) is 12.6. The van der Waals surface area contributed by atoms with E-state index in [1.807, 2.05) is 12.1 Å². The molecule has 0 heterocycles. The Bertz CT molecular complexity index is 305. The van der Waals surface area contributed by atoms with E-state index in [4.69, 9.17) is 28.3 Å². The minimum Gasteiger partial charge on any atom is -0.396 e. The summed E-state index contributed by atoms with van der Waals surface area (Å²) in [4.78, 5) is 0. The van der Waals surface area contributed by atoms with Crippen LogP contribution < -0.4 is 5.32 Å². The molecular weight excluding hydrogens is 233 g/mol. The molecule has 15 heavy (non-hydrogen) atoms. The van der Waals surface area contributed by atoms with Crippen molar-refractivity contribution in [2.24, 2.45) is 0 Å². The van der Waals surface area contributed by atoms with Gasteiger partial charge in [-0.05, 0) is 37.5 Å². The highest BCUT2D eigenvalue weighted by Crippen LogP contribution is 2.24. The molecule has 1 aromatic rings. The second-order valence-electron chi connectivity index (χ2n) is 3.34. The Morgan fingerprint density at radius 1 is 1.07 bits per heavy atom. The molecule has 84 valence electrons. The first-order chi connectivity index (χ1) is 7.24. The number of aliphatic hydroxyl groups is 1. The Labute approximate surface area is 100 Å². The summed E-state index contributed by atoms with van der Waals surface area (Å²) >= 11 is 11.7. The quantitative estimate of drug-likeness (QED) is 0.754. The molecule has 2 nitrogen and oxygen atoms in total. The van der Waals surface area contributed by atoms with Crippen LogP contribution in [0.3, 0.4) is 0 Å². The number of nitrogens with one attached hydrogen (secondary N) is 1. The molecule has 0 radical (unpaired) electrons. The van der Waals surface area contributed by atoms with Crippen molar-refractivity contribution in [1.29, 1.82) is 0 Å². The van der Waals surface area contributed by atoms with E-state index in [-0.39, 0.29) is 6.61 Å². The molecule has 1 aromatic carbocycles. The van der Waals surface area contributed by atoms with Gasteiger partial charge in [0.25, 0.3) is 0 Å². The molecule has 0 aromatic heterocycles. The summed E-state index contributed by atoms with van der Waals surface area (Å²) in [6.07, 6.45) is 2.94. The Balaban J connectivity index is 2.28. The van der Waals surface area contributed by atoms with Gasteiger partial charge >= 0.3 is 0 Å². The molecule has 0 saturated heterocycles. The van der Waals surface area contributed by atoms with Crippen LogP contribution in [0, 0.1) is 0 Å². The lowest BCUT2D eigenvalue weighted by Crippen LogP contribution is -2.01. The van der Waals surface area contributed by atoms with Crippen LogP contribution in [-0.4, -0.2) is 18.3 Å². The summed E-state index contributed by atoms with van der Waals surface area (Å²) in [6.45, 7) is 1.16. The Hall–Kier alpha value is -0.440. The van der Waals surface area contributed by atoms with Crippen LogP contribution in [0.15, 0.2) is 18.2 Å². The third kappa shape index (κ3) is 4.74. The van der Waals surface area contributed by atoms with Crippen molar-refractivity contribution in [3.8, 4) is 0 Å². The summed E-state index contributed by atoms with van der Waals surface area (Å²) in [5, 5.41) is 13.0. The molecule has 0 aliphatic rings. The number of benzene rings is 1. The number of rotatable bonds is 6. The second-order valence-corrected chi connectivity index (χ2v) is 4.15. The molecule has 0 amide bonds. The lowest BCUT2D eigenvalue weighted by atomic mass is 10.2. The predicted molar refractivity (Wildman–Crippen MR) is 65.9 cm³/mol. The van der Waals surface area contributed by atoms with Crippen molar-refractivity contribution in [2.75, 3.05) is 18.5 Å². The van der Waals surface area contributed by atoms with E-state index in [9.17, 15) is 0 Å². The van der Waals surface area contributed by atoms with E-state index < -0.39 is 0 Å². The average molecular weight is 248 g/mol. The molecule has 2 N–H and O–H groups in total. The molecule has 0 fully saturated rings. The summed E-state index contributed by atoms with van der Waals surface area (Å²) < 4.78 is 0. The first-order valence-corrected chi connectivity index (χ1v) is 5.79. The third-order valence-corrected chi connectivity index (χ3v) is 2.82. The minimum atomic E-state index is 0.271. The van der Waals surface area contributed by atoms with E-state index in [0.29, 0.717) is 10.0 Å². The predicted octanol–water partition coefficient (Wildman–Crippen LogP) is 3.57. The zero-order valence-electron chi connectivity index (χ0n) is 8.47. The van der Waals surface area contributed by atoms with Crippen molar-refractivity contribution in [1.82, 2.24) is 0 Å². The van der Waals surface area contributed by atoms with Gasteiger partial charge in [0.05, 0.1) is 10.0 Å². The molecule has 0 unspecified atom stereocenters. The fourth-order valence-electron chi connectivity index (χ4n) is 1.25. The number of unbranched alkanes of at least 4 members (excludes halogenated alkanes) is 2. The van der Waals surface area contributed by atoms with Crippen LogP contribution in [0.2, 0.25) is 10.0 Å². The van der Waals surface area contributed by atoms with Gasteiger partial charge in [-0.15, -0.1) is 0 Å². The maximum Gasteiger partial charge on any atom is 0.0612 e. The molecule has 0 aliphatic carbocycles. The van der Waals surface area contributed by atoms with Gasteiger partial charge in [0, 0.05) is 18.8 Å². The summed E-state index contributed by atoms with van der Waals surface area (Å²) in [5.41, 5.74) is 0.980. The van der Waals surface area contributed by atoms with Crippen LogP contribution in [-0.2, 0) is 0 Å². The van der Waals surface area contributed by atoms with Crippen molar-refractivity contribution in [2.45, 2.75) is 19.3 Å². The van der Waals surface area contributed by atoms with Crippen LogP contribution in [0.25, 0.3) is 0 Å². The maximum atomic E-state index is 8.60. The van der Waals surface area contributed by atoms with Crippen molar-refractivity contribution < 1.29 is 5.11 Å². The standard InChI is InChI=1S/C11H15Cl2NO/c12-10-5-4-9(8-11(10)13)14-6-2-1-3-7-15/h4-5,8,14-15H,1-3,6-7H2. The van der Waals surface area contributed by atoms with E-state index in [2.05, 4.69) is 5.32 Å². The zero-order chi connectivity index (χ0) is 11.1. The number of hydrogen-bond donors (Lipinski definition) is 2. The fraction of sp³-hybridized carbons (Fsp3) is 0.455. The average Bonchev–Trinajstić information content (AvgIpc) is 2.23. The molecule has 0 aliphatic heterocycles. The SMILES string of the molecule is OCCCCCNc1ccc(Cl)c(Cl)c1. The van der Waals surface area contributed by atoms with Gasteiger partial charge < -0.3 is 10.4 Å². The largest absolute Gasteiger partial charge is 0.396 e. The van der Waals surface area contributed by atoms with E-state index in [1.165, 1.54) is 0 Å². The van der Waals surface area contributed by atoms with Gasteiger partial charge in [0.1, 0.15) is 0 Å². The third-order valence-electron chi connectivity index (χ3n) is 2.08. The lowest BCUT2D eigenvalue weighted by molar-refractivity contribution is 0.283. The van der Waals surface area contributed by atoms with Crippen LogP contribution in [0.5, 0.6) is 0 Å². The highest BCUT2D eigenvalue weighted by Gasteiger charge is 1.98. The molecule has 1 rings (SSSR count). The zero-order valence-corrected chi connectivity index (χ0v) is 9.98. The van der Waals surface area contributed by atoms with Gasteiger partial charge in [-0.2, -0.15) is 0 Å². The lowest BCUT2D eigenvalue weighted by Gasteiger charge is -2.06. The first-order valence-electron chi connectivity index (χ1n) is 5.04. The monoisotopic (exact) mass is 247 g/mol. The van der Waals surface area contributed by atoms with Gasteiger partial charge in [-0.1, -0.05) is 23.2 Å². The smallest absolute Gasteiger partial charge is 0.0612 e. The maximum absolute atomic E-state index is 8.60. The summed E-state index contributed by atoms with van der Waals surface area (Å²) in [5.74, 6) is 0. The Morgan fingerprint density at radius 3 is 2.53 bits per heavy atom. The van der Waals surface area contributed by atoms with Gasteiger partial charge in [-0.3, -0.25) is 0 Å². The molecule has 0 atom stereocenters. The van der Waals surface area contributed by atoms with Crippen LogP contribution in [0.4, 0.5) is 5.69 Å². The normalized spacial score (nSPS) is 10.3. The minimum absolute atomic E-state index is 0.271. The van der Waals surface area contributed by atoms with Crippen molar-refractivity contribution in [3.63, 3.8) is 0 Å². The van der Waals surface area contributed by atoms with Crippen LogP contribution in [0.1, 0.15) is 19.3 Å². The van der Waals surface area contributed by atoms with Gasteiger partial charge in [0.15, 0.2) is 0 Å². The highest BCUT2D eigenvalue weighted by molar-refractivity contribution is 6.42. The molecule has 0 spiro atoms. The molecule has 0 saturated carbocycles. The van der Waals surface area contributed by atoms with E-state index in [0.717, 1.165) is 31.5 Å². The van der Waals surface area contributed by atoms with Crippen molar-refractivity contribution in [3.05, 3.63) is 28.2 Å². The number of aliphatic hydroxyl groups excluding tert-OH is 1. The summed E-state index contributed by atoms with van der Waals surface area (Å²) in [7, 11) is 0. The van der Waals surface area contributed by atoms with E-state index in [1.54, 1.807) is 6.07 Å². The molecular formula is C11H15Cl2NO. The number of anilines is 1. The topological polar surface area (TPSA) is 32.3 Å². The Morgan fingerprint density at radius 2 is 1.87 bits per heavy atom. The van der Waals surface area contributed by atoms with Crippen LogP contribution >= 0.6 is 23.2 Å². The second kappa shape index (κ2) is 6.94. The number of hydrogen-bond acceptors (Lipinski definition) is 2. The van der Waals surface area contributed by atoms with Gasteiger partial charge in [0.2, 0.25) is 0 Å². The summed E-state index contributed by atoms with van der Waals surface area (Å²) in [6, 6.07) is 5.50. The number of halogens is 2. The van der Waals surface area contributed by atoms with Gasteiger partial charge in [-0.25, -0.2) is 0 Å².